The lowest BCUT2D eigenvalue weighted by Crippen LogP contribution is -2.59. The number of terminal acetylenes is 1. The van der Waals surface area contributed by atoms with Gasteiger partial charge < -0.3 is 15.3 Å². The Morgan fingerprint density at radius 3 is 2.79 bits per heavy atom. The number of carbonyl (C=O) groups excluding carboxylic acids is 2. The molecule has 0 aromatic rings. The van der Waals surface area contributed by atoms with Crippen LogP contribution in [-0.2, 0) is 14.4 Å². The Balaban J connectivity index is 2.85. The first-order valence-electron chi connectivity index (χ1n) is 3.83. The van der Waals surface area contributed by atoms with Crippen molar-refractivity contribution < 1.29 is 19.5 Å². The molecule has 0 spiro atoms. The molecular weight excluding hydrogens is 188 g/mol. The minimum Gasteiger partial charge on any atom is -0.480 e. The zero-order chi connectivity index (χ0) is 10.7. The van der Waals surface area contributed by atoms with Crippen LogP contribution >= 0.6 is 0 Å². The number of nitrogens with one attached hydrogen (secondary N) is 1. The van der Waals surface area contributed by atoms with E-state index in [0.29, 0.717) is 0 Å². The van der Waals surface area contributed by atoms with Gasteiger partial charge in [-0.05, 0) is 5.92 Å². The minimum atomic E-state index is -1.19. The van der Waals surface area contributed by atoms with Gasteiger partial charge in [0.15, 0.2) is 0 Å². The molecule has 0 bridgehead atoms. The highest BCUT2D eigenvalue weighted by Gasteiger charge is 2.34. The van der Waals surface area contributed by atoms with E-state index in [-0.39, 0.29) is 13.1 Å². The summed E-state index contributed by atoms with van der Waals surface area (Å²) in [6.45, 7) is -0.415. The third-order valence-corrected chi connectivity index (χ3v) is 1.85. The van der Waals surface area contributed by atoms with Gasteiger partial charge in [-0.1, -0.05) is 0 Å². The van der Waals surface area contributed by atoms with Crippen LogP contribution in [0.5, 0.6) is 0 Å². The molecule has 1 heterocycles. The summed E-state index contributed by atoms with van der Waals surface area (Å²) in [5.41, 5.74) is 0. The summed E-state index contributed by atoms with van der Waals surface area (Å²) in [7, 11) is 0. The van der Waals surface area contributed by atoms with Gasteiger partial charge in [0, 0.05) is 6.54 Å². The Hall–Kier alpha value is -2.03. The van der Waals surface area contributed by atoms with Crippen molar-refractivity contribution >= 4 is 17.8 Å². The molecule has 74 valence electrons. The van der Waals surface area contributed by atoms with Gasteiger partial charge in [-0.25, -0.2) is 4.79 Å². The molecular formula is C8H8N2O4. The molecule has 1 unspecified atom stereocenters. The molecule has 1 fully saturated rings. The van der Waals surface area contributed by atoms with Crippen LogP contribution < -0.4 is 5.32 Å². The predicted octanol–water partition coefficient (Wildman–Crippen LogP) is -1.97. The summed E-state index contributed by atoms with van der Waals surface area (Å²) < 4.78 is 0. The van der Waals surface area contributed by atoms with Crippen molar-refractivity contribution in [2.45, 2.75) is 6.04 Å². The standard InChI is InChI=1S/C8H8N2O4/c1-2-7(12)10-4-6(11)9-3-5(10)8(13)14/h1,5H,3-4H2,(H,9,11)(H,13,14). The van der Waals surface area contributed by atoms with Crippen LogP contribution in [0, 0.1) is 12.3 Å². The lowest BCUT2D eigenvalue weighted by molar-refractivity contribution is -0.151. The second-order valence-electron chi connectivity index (χ2n) is 2.74. The van der Waals surface area contributed by atoms with Gasteiger partial charge in [-0.15, -0.1) is 6.42 Å². The Morgan fingerprint density at radius 1 is 1.64 bits per heavy atom. The second-order valence-corrected chi connectivity index (χ2v) is 2.74. The minimum absolute atomic E-state index is 0.110. The number of aliphatic carboxylic acids is 1. The highest BCUT2D eigenvalue weighted by molar-refractivity contribution is 5.99. The summed E-state index contributed by atoms with van der Waals surface area (Å²) in [5.74, 6) is -0.599. The van der Waals surface area contributed by atoms with E-state index in [1.165, 1.54) is 0 Å². The van der Waals surface area contributed by atoms with E-state index in [9.17, 15) is 14.4 Å². The molecule has 1 atom stereocenters. The second kappa shape index (κ2) is 3.79. The van der Waals surface area contributed by atoms with E-state index in [2.05, 4.69) is 5.32 Å². The van der Waals surface area contributed by atoms with Crippen molar-refractivity contribution in [3.05, 3.63) is 0 Å². The van der Waals surface area contributed by atoms with Gasteiger partial charge in [0.2, 0.25) is 5.91 Å². The number of rotatable bonds is 1. The highest BCUT2D eigenvalue weighted by Crippen LogP contribution is 2.04. The molecule has 14 heavy (non-hydrogen) atoms. The Morgan fingerprint density at radius 2 is 2.29 bits per heavy atom. The monoisotopic (exact) mass is 196 g/mol. The van der Waals surface area contributed by atoms with Crippen molar-refractivity contribution in [3.63, 3.8) is 0 Å². The molecule has 0 saturated carbocycles. The van der Waals surface area contributed by atoms with E-state index in [0.717, 1.165) is 4.90 Å². The maximum absolute atomic E-state index is 11.1. The Kier molecular flexibility index (Phi) is 2.72. The maximum atomic E-state index is 11.1. The number of carboxylic acids is 1. The SMILES string of the molecule is C#CC(=O)N1CC(=O)NCC1C(=O)O. The van der Waals surface area contributed by atoms with Crippen molar-refractivity contribution in [1.82, 2.24) is 10.2 Å². The van der Waals surface area contributed by atoms with Crippen LogP contribution in [0.3, 0.4) is 0 Å². The number of amides is 2. The molecule has 1 rings (SSSR count). The third kappa shape index (κ3) is 1.82. The smallest absolute Gasteiger partial charge is 0.328 e. The number of nitrogens with zero attached hydrogens (tertiary/aromatic N) is 1. The highest BCUT2D eigenvalue weighted by atomic mass is 16.4. The van der Waals surface area contributed by atoms with Crippen LogP contribution in [0.25, 0.3) is 0 Å². The molecule has 0 radical (unpaired) electrons. The first-order chi connectivity index (χ1) is 6.56. The zero-order valence-corrected chi connectivity index (χ0v) is 7.19. The van der Waals surface area contributed by atoms with Crippen LogP contribution in [0.15, 0.2) is 0 Å². The third-order valence-electron chi connectivity index (χ3n) is 1.85. The molecule has 0 aromatic carbocycles. The van der Waals surface area contributed by atoms with Crippen molar-refractivity contribution in [1.29, 1.82) is 0 Å². The van der Waals surface area contributed by atoms with Crippen LogP contribution in [0.1, 0.15) is 0 Å². The van der Waals surface area contributed by atoms with Gasteiger partial charge >= 0.3 is 5.97 Å². The molecule has 2 N–H and O–H groups in total. The van der Waals surface area contributed by atoms with Crippen molar-refractivity contribution in [3.8, 4) is 12.3 Å². The zero-order valence-electron chi connectivity index (χ0n) is 7.19. The molecule has 1 aliphatic rings. The molecule has 0 aliphatic carbocycles. The first-order valence-corrected chi connectivity index (χ1v) is 3.83. The van der Waals surface area contributed by atoms with Gasteiger partial charge in [-0.2, -0.15) is 0 Å². The quantitative estimate of drug-likeness (QED) is 0.476. The van der Waals surface area contributed by atoms with Crippen LogP contribution in [-0.4, -0.2) is 46.9 Å². The topological polar surface area (TPSA) is 86.7 Å². The lowest BCUT2D eigenvalue weighted by atomic mass is 10.2. The lowest BCUT2D eigenvalue weighted by Gasteiger charge is -2.30. The number of piperazine rings is 1. The van der Waals surface area contributed by atoms with Crippen molar-refractivity contribution in [2.75, 3.05) is 13.1 Å². The van der Waals surface area contributed by atoms with Gasteiger partial charge in [-0.3, -0.25) is 9.59 Å². The van der Waals surface area contributed by atoms with Gasteiger partial charge in [0.05, 0.1) is 0 Å². The van der Waals surface area contributed by atoms with Gasteiger partial charge in [0.1, 0.15) is 12.6 Å². The molecule has 6 nitrogen and oxygen atoms in total. The fraction of sp³-hybridized carbons (Fsp3) is 0.375. The fourth-order valence-corrected chi connectivity index (χ4v) is 1.16. The Bertz CT molecular complexity index is 331. The molecule has 0 aromatic heterocycles. The maximum Gasteiger partial charge on any atom is 0.328 e. The predicted molar refractivity (Wildman–Crippen MR) is 45.0 cm³/mol. The van der Waals surface area contributed by atoms with E-state index in [1.54, 1.807) is 5.92 Å². The molecule has 6 heteroatoms. The average molecular weight is 196 g/mol. The van der Waals surface area contributed by atoms with E-state index in [4.69, 9.17) is 11.5 Å². The average Bonchev–Trinajstić information content (AvgIpc) is 2.16. The number of carboxylic acid groups (broad SMARTS) is 1. The summed E-state index contributed by atoms with van der Waals surface area (Å²) >= 11 is 0. The molecule has 1 aliphatic heterocycles. The molecule has 2 amide bonds. The van der Waals surface area contributed by atoms with Gasteiger partial charge in [0.25, 0.3) is 5.91 Å². The first kappa shape index (κ1) is 10.1. The van der Waals surface area contributed by atoms with Crippen LogP contribution in [0.4, 0.5) is 0 Å². The van der Waals surface area contributed by atoms with E-state index in [1.807, 2.05) is 0 Å². The number of carbonyl (C=O) groups is 3. The summed E-state index contributed by atoms with van der Waals surface area (Å²) in [6.07, 6.45) is 4.84. The van der Waals surface area contributed by atoms with Crippen molar-refractivity contribution in [2.24, 2.45) is 0 Å². The Labute approximate surface area is 79.9 Å². The largest absolute Gasteiger partial charge is 0.480 e. The fourth-order valence-electron chi connectivity index (χ4n) is 1.16. The summed E-state index contributed by atoms with van der Waals surface area (Å²) in [6, 6.07) is -1.07. The normalized spacial score (nSPS) is 20.9. The number of hydrogen-bond acceptors (Lipinski definition) is 3. The van der Waals surface area contributed by atoms with Crippen LogP contribution in [0.2, 0.25) is 0 Å². The van der Waals surface area contributed by atoms with E-state index >= 15 is 0 Å². The van der Waals surface area contributed by atoms with E-state index < -0.39 is 23.8 Å². The summed E-state index contributed by atoms with van der Waals surface area (Å²) in [5, 5.41) is 11.1. The number of hydrogen-bond donors (Lipinski definition) is 2. The molecule has 1 saturated heterocycles. The summed E-state index contributed by atoms with van der Waals surface area (Å²) in [4.78, 5) is 33.5.